The molecule has 1 heterocycles. The number of hydrogen-bond donors (Lipinski definition) is 1. The smallest absolute Gasteiger partial charge is 0.264 e. The van der Waals surface area contributed by atoms with E-state index in [1.54, 1.807) is 5.10 Å². The van der Waals surface area contributed by atoms with E-state index in [0.29, 0.717) is 0 Å². The molecule has 0 saturated heterocycles. The number of H-pyrrole nitrogens is 1. The predicted molar refractivity (Wildman–Crippen MR) is 49.4 cm³/mol. The molecule has 0 amide bonds. The van der Waals surface area contributed by atoms with Crippen LogP contribution in [0.15, 0.2) is 23.2 Å². The van der Waals surface area contributed by atoms with Crippen LogP contribution in [-0.2, 0) is 16.4 Å². The second-order valence-corrected chi connectivity index (χ2v) is 4.47. The number of benzene rings is 1. The summed E-state index contributed by atoms with van der Waals surface area (Å²) in [6.45, 7) is 0. The number of aromatic amines is 1. The summed E-state index contributed by atoms with van der Waals surface area (Å²) in [4.78, 5) is 0. The first-order valence-corrected chi connectivity index (χ1v) is 5.58. The number of fused-ring (bicyclic) bond motifs is 1. The van der Waals surface area contributed by atoms with E-state index in [9.17, 15) is 25.5 Å². The van der Waals surface area contributed by atoms with Gasteiger partial charge in [-0.25, -0.2) is 0 Å². The lowest BCUT2D eigenvalue weighted by atomic mass is 10.1. The highest BCUT2D eigenvalue weighted by Crippen LogP contribution is 2.35. The van der Waals surface area contributed by atoms with Gasteiger partial charge in [0, 0.05) is 5.39 Å². The Hall–Kier alpha value is -1.64. The van der Waals surface area contributed by atoms with Crippen LogP contribution in [0, 0.1) is 0 Å². The number of nitrogens with one attached hydrogen (secondary N) is 1. The number of nitrogens with zero attached hydrogens (tertiary/aromatic N) is 1. The molecule has 9 heteroatoms. The standard InChI is InChI=1S/C8H4F4N2O2S/c9-8(10,11)5-3-1-2-4-6(5)13-14-7(4)17(12,15)16/h1-3H,(H,13,14). The fraction of sp³-hybridized carbons (Fsp3) is 0.125. The SMILES string of the molecule is O=S(=O)(F)c1[nH]nc2c(C(F)(F)F)cccc12. The molecule has 2 rings (SSSR count). The largest absolute Gasteiger partial charge is 0.418 e. The van der Waals surface area contributed by atoms with Gasteiger partial charge in [0.05, 0.1) is 5.56 Å². The zero-order chi connectivity index (χ0) is 12.8. The van der Waals surface area contributed by atoms with Crippen LogP contribution in [0.2, 0.25) is 0 Å². The average Bonchev–Trinajstić information content (AvgIpc) is 2.57. The van der Waals surface area contributed by atoms with Crippen molar-refractivity contribution in [2.75, 3.05) is 0 Å². The highest BCUT2D eigenvalue weighted by atomic mass is 32.3. The summed E-state index contributed by atoms with van der Waals surface area (Å²) in [6.07, 6.45) is -4.69. The van der Waals surface area contributed by atoms with Crippen LogP contribution in [0.3, 0.4) is 0 Å². The first-order chi connectivity index (χ1) is 7.71. The van der Waals surface area contributed by atoms with E-state index < -0.39 is 37.9 Å². The summed E-state index contributed by atoms with van der Waals surface area (Å²) < 4.78 is 71.6. The van der Waals surface area contributed by atoms with E-state index in [1.807, 2.05) is 0 Å². The molecular weight excluding hydrogens is 264 g/mol. The van der Waals surface area contributed by atoms with Crippen LogP contribution in [0.1, 0.15) is 5.56 Å². The van der Waals surface area contributed by atoms with Crippen LogP contribution in [0.4, 0.5) is 17.1 Å². The Morgan fingerprint density at radius 2 is 1.88 bits per heavy atom. The molecule has 0 saturated carbocycles. The predicted octanol–water partition coefficient (Wildman–Crippen LogP) is 2.24. The van der Waals surface area contributed by atoms with Gasteiger partial charge in [-0.3, -0.25) is 5.10 Å². The molecule has 4 nitrogen and oxygen atoms in total. The Morgan fingerprint density at radius 1 is 1.24 bits per heavy atom. The molecule has 0 aliphatic carbocycles. The lowest BCUT2D eigenvalue weighted by molar-refractivity contribution is -0.136. The average molecular weight is 268 g/mol. The van der Waals surface area contributed by atoms with Gasteiger partial charge in [0.1, 0.15) is 5.52 Å². The zero-order valence-electron chi connectivity index (χ0n) is 7.92. The quantitative estimate of drug-likeness (QED) is 0.637. The molecule has 0 unspecified atom stereocenters. The maximum absolute atomic E-state index is 12.7. The van der Waals surface area contributed by atoms with Crippen LogP contribution in [0.5, 0.6) is 0 Å². The van der Waals surface area contributed by atoms with Crippen molar-refractivity contribution in [3.63, 3.8) is 0 Å². The third-order valence-electron chi connectivity index (χ3n) is 2.10. The molecule has 0 spiro atoms. The fourth-order valence-corrected chi connectivity index (χ4v) is 2.01. The van der Waals surface area contributed by atoms with E-state index in [0.717, 1.165) is 18.2 Å². The van der Waals surface area contributed by atoms with Crippen molar-refractivity contribution >= 4 is 21.1 Å². The monoisotopic (exact) mass is 268 g/mol. The summed E-state index contributed by atoms with van der Waals surface area (Å²) in [5, 5.41) is 3.54. The molecule has 1 aromatic carbocycles. The van der Waals surface area contributed by atoms with Crippen molar-refractivity contribution in [3.05, 3.63) is 23.8 Å². The second-order valence-electron chi connectivity index (χ2n) is 3.19. The highest BCUT2D eigenvalue weighted by Gasteiger charge is 2.34. The lowest BCUT2D eigenvalue weighted by Gasteiger charge is -2.06. The maximum atomic E-state index is 12.7. The van der Waals surface area contributed by atoms with E-state index >= 15 is 0 Å². The Kier molecular flexibility index (Phi) is 2.38. The third-order valence-corrected chi connectivity index (χ3v) is 2.90. The fourth-order valence-electron chi connectivity index (χ4n) is 1.43. The van der Waals surface area contributed by atoms with Crippen LogP contribution < -0.4 is 0 Å². The molecule has 92 valence electrons. The van der Waals surface area contributed by atoms with E-state index in [4.69, 9.17) is 0 Å². The van der Waals surface area contributed by atoms with Gasteiger partial charge in [-0.2, -0.15) is 26.7 Å². The van der Waals surface area contributed by atoms with Gasteiger partial charge in [-0.05, 0) is 12.1 Å². The number of aromatic nitrogens is 2. The Bertz CT molecular complexity index is 674. The van der Waals surface area contributed by atoms with Crippen LogP contribution in [-0.4, -0.2) is 18.6 Å². The number of halogens is 4. The number of hydrogen-bond acceptors (Lipinski definition) is 3. The topological polar surface area (TPSA) is 62.8 Å². The van der Waals surface area contributed by atoms with Crippen molar-refractivity contribution in [1.82, 2.24) is 10.2 Å². The molecule has 1 aromatic heterocycles. The third kappa shape index (κ3) is 1.97. The van der Waals surface area contributed by atoms with Gasteiger partial charge < -0.3 is 0 Å². The van der Waals surface area contributed by atoms with E-state index in [1.165, 1.54) is 0 Å². The minimum absolute atomic E-state index is 0.428. The van der Waals surface area contributed by atoms with Crippen molar-refractivity contribution in [3.8, 4) is 0 Å². The summed E-state index contributed by atoms with van der Waals surface area (Å²) in [5.41, 5.74) is -1.75. The van der Waals surface area contributed by atoms with Gasteiger partial charge in [-0.1, -0.05) is 9.95 Å². The molecule has 0 radical (unpaired) electrons. The Morgan fingerprint density at radius 3 is 2.41 bits per heavy atom. The summed E-state index contributed by atoms with van der Waals surface area (Å²) in [7, 11) is -5.13. The van der Waals surface area contributed by atoms with E-state index in [-0.39, 0.29) is 0 Å². The number of alkyl halides is 3. The normalized spacial score (nSPS) is 13.2. The minimum Gasteiger partial charge on any atom is -0.264 e. The van der Waals surface area contributed by atoms with Crippen LogP contribution >= 0.6 is 0 Å². The molecule has 0 aliphatic heterocycles. The molecule has 0 fully saturated rings. The molecule has 0 bridgehead atoms. The van der Waals surface area contributed by atoms with E-state index in [2.05, 4.69) is 5.10 Å². The number of rotatable bonds is 1. The van der Waals surface area contributed by atoms with Gasteiger partial charge in [-0.15, -0.1) is 0 Å². The molecule has 0 aliphatic rings. The van der Waals surface area contributed by atoms with Crippen molar-refractivity contribution in [1.29, 1.82) is 0 Å². The van der Waals surface area contributed by atoms with Crippen molar-refractivity contribution in [2.45, 2.75) is 11.2 Å². The van der Waals surface area contributed by atoms with Gasteiger partial charge in [0.15, 0.2) is 5.03 Å². The maximum Gasteiger partial charge on any atom is 0.418 e. The highest BCUT2D eigenvalue weighted by molar-refractivity contribution is 7.86. The first-order valence-electron chi connectivity index (χ1n) is 4.20. The summed E-state index contributed by atoms with van der Waals surface area (Å²) in [5.74, 6) is 0. The lowest BCUT2D eigenvalue weighted by Crippen LogP contribution is -2.05. The number of para-hydroxylation sites is 1. The second kappa shape index (κ2) is 3.42. The van der Waals surface area contributed by atoms with Gasteiger partial charge >= 0.3 is 16.4 Å². The molecule has 2 aromatic rings. The first kappa shape index (κ1) is 11.8. The molecule has 17 heavy (non-hydrogen) atoms. The zero-order valence-corrected chi connectivity index (χ0v) is 8.73. The molecular formula is C8H4F4N2O2S. The van der Waals surface area contributed by atoms with Crippen LogP contribution in [0.25, 0.3) is 10.9 Å². The van der Waals surface area contributed by atoms with Gasteiger partial charge in [0.2, 0.25) is 0 Å². The Labute approximate surface area is 92.5 Å². The summed E-state index contributed by atoms with van der Waals surface area (Å²) >= 11 is 0. The van der Waals surface area contributed by atoms with Gasteiger partial charge in [0.25, 0.3) is 0 Å². The summed E-state index contributed by atoms with van der Waals surface area (Å²) in [6, 6.07) is 2.76. The molecule has 1 N–H and O–H groups in total. The minimum atomic E-state index is -5.13. The van der Waals surface area contributed by atoms with Crippen molar-refractivity contribution in [2.24, 2.45) is 0 Å². The molecule has 0 atom stereocenters. The Balaban J connectivity index is 2.83. The van der Waals surface area contributed by atoms with Crippen molar-refractivity contribution < 1.29 is 25.5 Å².